The molecule has 144 valence electrons. The van der Waals surface area contributed by atoms with Gasteiger partial charge in [-0.05, 0) is 42.5 Å². The summed E-state index contributed by atoms with van der Waals surface area (Å²) in [5, 5.41) is 8.35. The molecule has 2 aromatic heterocycles. The second-order valence-corrected chi connectivity index (χ2v) is 7.33. The maximum atomic E-state index is 12.4. The monoisotopic (exact) mass is 417 g/mol. The van der Waals surface area contributed by atoms with Gasteiger partial charge in [-0.1, -0.05) is 11.6 Å². The number of furan rings is 1. The Balaban J connectivity index is 1.63. The average molecular weight is 418 g/mol. The Morgan fingerprint density at radius 3 is 2.57 bits per heavy atom. The van der Waals surface area contributed by atoms with Crippen molar-refractivity contribution in [2.45, 2.75) is 13.5 Å². The van der Waals surface area contributed by atoms with E-state index < -0.39 is 5.91 Å². The Hall–Kier alpha value is -3.10. The van der Waals surface area contributed by atoms with E-state index in [1.165, 1.54) is 24.5 Å². The number of halogens is 1. The predicted octanol–water partition coefficient (Wildman–Crippen LogP) is 4.14. The van der Waals surface area contributed by atoms with Gasteiger partial charge in [0.05, 0.1) is 28.4 Å². The fraction of sp³-hybridized carbons (Fsp3) is 0.105. The third-order valence-corrected chi connectivity index (χ3v) is 5.01. The van der Waals surface area contributed by atoms with Gasteiger partial charge in [0, 0.05) is 17.5 Å². The number of carbonyl (C=O) groups excluding carboxylic acids is 3. The zero-order valence-corrected chi connectivity index (χ0v) is 16.3. The molecule has 0 saturated carbocycles. The van der Waals surface area contributed by atoms with Gasteiger partial charge in [0.1, 0.15) is 0 Å². The van der Waals surface area contributed by atoms with E-state index in [2.05, 4.69) is 16.0 Å². The summed E-state index contributed by atoms with van der Waals surface area (Å²) in [5.41, 5.74) is 0.887. The van der Waals surface area contributed by atoms with Gasteiger partial charge >= 0.3 is 0 Å². The van der Waals surface area contributed by atoms with Crippen molar-refractivity contribution in [2.24, 2.45) is 0 Å². The van der Waals surface area contributed by atoms with Crippen LogP contribution in [0.25, 0.3) is 0 Å². The number of amides is 3. The Kier molecular flexibility index (Phi) is 6.13. The molecule has 7 nitrogen and oxygen atoms in total. The Morgan fingerprint density at radius 2 is 1.89 bits per heavy atom. The average Bonchev–Trinajstić information content (AvgIpc) is 3.34. The lowest BCUT2D eigenvalue weighted by Gasteiger charge is -2.09. The van der Waals surface area contributed by atoms with Crippen molar-refractivity contribution in [3.63, 3.8) is 0 Å². The molecular formula is C19H16ClN3O4S. The summed E-state index contributed by atoms with van der Waals surface area (Å²) in [6.45, 7) is 1.81. The van der Waals surface area contributed by atoms with Gasteiger partial charge in [0.2, 0.25) is 5.91 Å². The van der Waals surface area contributed by atoms with E-state index >= 15 is 0 Å². The van der Waals surface area contributed by atoms with E-state index in [9.17, 15) is 14.4 Å². The van der Waals surface area contributed by atoms with Crippen LogP contribution in [0, 0.1) is 0 Å². The highest BCUT2D eigenvalue weighted by atomic mass is 35.5. The third kappa shape index (κ3) is 4.99. The normalized spacial score (nSPS) is 10.4. The molecule has 0 aliphatic rings. The molecule has 0 saturated heterocycles. The zero-order chi connectivity index (χ0) is 20.1. The lowest BCUT2D eigenvalue weighted by Crippen LogP contribution is -2.18. The maximum Gasteiger partial charge on any atom is 0.291 e. The van der Waals surface area contributed by atoms with E-state index in [1.54, 1.807) is 42.5 Å². The first-order chi connectivity index (χ1) is 13.4. The van der Waals surface area contributed by atoms with E-state index in [-0.39, 0.29) is 22.6 Å². The van der Waals surface area contributed by atoms with Crippen molar-refractivity contribution in [2.75, 3.05) is 10.6 Å². The van der Waals surface area contributed by atoms with Gasteiger partial charge in [-0.15, -0.1) is 11.3 Å². The molecule has 1 aromatic carbocycles. The number of hydrogen-bond acceptors (Lipinski definition) is 5. The molecule has 0 bridgehead atoms. The molecule has 28 heavy (non-hydrogen) atoms. The van der Waals surface area contributed by atoms with Crippen LogP contribution in [0.15, 0.2) is 53.1 Å². The lowest BCUT2D eigenvalue weighted by molar-refractivity contribution is -0.119. The molecule has 3 N–H and O–H groups in total. The van der Waals surface area contributed by atoms with Crippen molar-refractivity contribution >= 4 is 52.0 Å². The first-order valence-corrected chi connectivity index (χ1v) is 9.41. The summed E-state index contributed by atoms with van der Waals surface area (Å²) in [5.74, 6) is -0.675. The van der Waals surface area contributed by atoms with E-state index in [4.69, 9.17) is 16.0 Å². The largest absolute Gasteiger partial charge is 0.459 e. The fourth-order valence-corrected chi connectivity index (χ4v) is 3.36. The number of hydrogen-bond donors (Lipinski definition) is 3. The quantitative estimate of drug-likeness (QED) is 0.561. The smallest absolute Gasteiger partial charge is 0.291 e. The highest BCUT2D eigenvalue weighted by molar-refractivity contribution is 7.14. The topological polar surface area (TPSA) is 100 Å². The summed E-state index contributed by atoms with van der Waals surface area (Å²) >= 11 is 7.49. The number of nitrogens with one attached hydrogen (secondary N) is 3. The number of rotatable bonds is 6. The second kappa shape index (κ2) is 8.73. The zero-order valence-electron chi connectivity index (χ0n) is 14.7. The minimum absolute atomic E-state index is 0.131. The second-order valence-electron chi connectivity index (χ2n) is 5.76. The predicted molar refractivity (Wildman–Crippen MR) is 108 cm³/mol. The van der Waals surface area contributed by atoms with Gasteiger partial charge in [0.15, 0.2) is 5.76 Å². The van der Waals surface area contributed by atoms with Crippen LogP contribution in [-0.4, -0.2) is 17.7 Å². The molecular weight excluding hydrogens is 402 g/mol. The Labute approximate surface area is 169 Å². The molecule has 0 aliphatic carbocycles. The standard InChI is InChI=1S/C19H16ClN3O4S/c1-11(24)21-10-13-5-7-17(28-13)19(26)22-12-4-6-15(14(20)9-12)23-18(25)16-3-2-8-27-16/h2-9H,10H2,1H3,(H,21,24)(H,22,26)(H,23,25). The van der Waals surface area contributed by atoms with Gasteiger partial charge in [-0.2, -0.15) is 0 Å². The van der Waals surface area contributed by atoms with Crippen LogP contribution in [0.5, 0.6) is 0 Å². The molecule has 0 aliphatic heterocycles. The van der Waals surface area contributed by atoms with Crippen LogP contribution < -0.4 is 16.0 Å². The fourth-order valence-electron chi connectivity index (χ4n) is 2.29. The third-order valence-electron chi connectivity index (χ3n) is 3.62. The minimum atomic E-state index is -0.422. The van der Waals surface area contributed by atoms with Gasteiger partial charge in [-0.25, -0.2) is 0 Å². The summed E-state index contributed by atoms with van der Waals surface area (Å²) in [7, 11) is 0. The summed E-state index contributed by atoms with van der Waals surface area (Å²) in [6.07, 6.45) is 1.40. The molecule has 0 fully saturated rings. The van der Waals surface area contributed by atoms with Crippen LogP contribution in [0.3, 0.4) is 0 Å². The number of anilines is 2. The van der Waals surface area contributed by atoms with Gasteiger partial charge < -0.3 is 20.4 Å². The molecule has 0 unspecified atom stereocenters. The summed E-state index contributed by atoms with van der Waals surface area (Å²) in [6, 6.07) is 11.4. The van der Waals surface area contributed by atoms with Gasteiger partial charge in [-0.3, -0.25) is 14.4 Å². The van der Waals surface area contributed by atoms with Crippen LogP contribution in [0.2, 0.25) is 5.02 Å². The van der Waals surface area contributed by atoms with Crippen molar-refractivity contribution in [1.29, 1.82) is 0 Å². The molecule has 2 heterocycles. The Bertz CT molecular complexity index is 1010. The molecule has 0 spiro atoms. The maximum absolute atomic E-state index is 12.4. The first-order valence-electron chi connectivity index (χ1n) is 8.21. The highest BCUT2D eigenvalue weighted by Gasteiger charge is 2.13. The summed E-state index contributed by atoms with van der Waals surface area (Å²) in [4.78, 5) is 36.7. The number of carbonyl (C=O) groups is 3. The number of thiophene rings is 1. The molecule has 3 amide bonds. The van der Waals surface area contributed by atoms with Crippen molar-refractivity contribution < 1.29 is 18.8 Å². The number of benzene rings is 1. The first kappa shape index (κ1) is 19.7. The van der Waals surface area contributed by atoms with Crippen LogP contribution in [0.1, 0.15) is 32.0 Å². The van der Waals surface area contributed by atoms with E-state index in [1.807, 2.05) is 0 Å². The molecule has 0 radical (unpaired) electrons. The van der Waals surface area contributed by atoms with Crippen LogP contribution >= 0.6 is 22.9 Å². The van der Waals surface area contributed by atoms with Crippen LogP contribution in [0.4, 0.5) is 11.4 Å². The van der Waals surface area contributed by atoms with E-state index in [0.29, 0.717) is 22.8 Å². The Morgan fingerprint density at radius 1 is 1.07 bits per heavy atom. The summed E-state index contributed by atoms with van der Waals surface area (Å²) < 4.78 is 5.03. The molecule has 3 aromatic rings. The minimum Gasteiger partial charge on any atom is -0.459 e. The lowest BCUT2D eigenvalue weighted by atomic mass is 10.2. The van der Waals surface area contributed by atoms with E-state index in [0.717, 1.165) is 4.88 Å². The molecule has 9 heteroatoms. The highest BCUT2D eigenvalue weighted by Crippen LogP contribution is 2.27. The SMILES string of the molecule is CC(=O)NCc1ccc(C(=O)Nc2ccc(NC(=O)c3ccco3)c(Cl)c2)s1. The molecule has 3 rings (SSSR count). The van der Waals surface area contributed by atoms with Crippen molar-refractivity contribution in [3.05, 3.63) is 69.3 Å². The van der Waals surface area contributed by atoms with Crippen molar-refractivity contribution in [3.8, 4) is 0 Å². The van der Waals surface area contributed by atoms with Crippen molar-refractivity contribution in [1.82, 2.24) is 5.32 Å². The van der Waals surface area contributed by atoms with Crippen LogP contribution in [-0.2, 0) is 11.3 Å². The van der Waals surface area contributed by atoms with Gasteiger partial charge in [0.25, 0.3) is 11.8 Å². The molecule has 0 atom stereocenters.